The summed E-state index contributed by atoms with van der Waals surface area (Å²) < 4.78 is 0. The van der Waals surface area contributed by atoms with Crippen molar-refractivity contribution in [3.8, 4) is 0 Å². The van der Waals surface area contributed by atoms with Gasteiger partial charge in [-0.05, 0) is 25.2 Å². The average Bonchev–Trinajstić information content (AvgIpc) is 2.30. The summed E-state index contributed by atoms with van der Waals surface area (Å²) in [6.45, 7) is 2.31. The maximum Gasteiger partial charge on any atom is 3.00 e. The molecule has 0 aliphatic rings. The summed E-state index contributed by atoms with van der Waals surface area (Å²) in [5, 5.41) is 2.88. The van der Waals surface area contributed by atoms with Gasteiger partial charge in [-0.2, -0.15) is 0 Å². The summed E-state index contributed by atoms with van der Waals surface area (Å²) in [5.74, 6) is 0. The van der Waals surface area contributed by atoms with Gasteiger partial charge in [0, 0.05) is 0 Å². The Morgan fingerprint density at radius 3 is 1.17 bits per heavy atom. The Morgan fingerprint density at radius 1 is 0.611 bits per heavy atom. The molecule has 0 aliphatic carbocycles. The molecule has 0 bridgehead atoms. The first kappa shape index (κ1) is 22.8. The van der Waals surface area contributed by atoms with E-state index in [9.17, 15) is 0 Å². The Hall–Kier alpha value is -0.390. The normalized spacial score (nSPS) is 8.11. The molecule has 0 heterocycles. The molecule has 102 valence electrons. The minimum absolute atomic E-state index is 0. The Kier molecular flexibility index (Phi) is 14.8. The fourth-order valence-corrected chi connectivity index (χ4v) is 2.99. The molecule has 18 heavy (non-hydrogen) atoms. The number of hydrogen-bond donors (Lipinski definition) is 0. The van der Waals surface area contributed by atoms with Crippen LogP contribution in [-0.4, -0.2) is 6.66 Å². The zero-order valence-electron chi connectivity index (χ0n) is 11.5. The molecule has 0 N–H and O–H groups in total. The fraction of sp³-hybridized carbons (Fsp3) is 0.0625. The van der Waals surface area contributed by atoms with Crippen molar-refractivity contribution in [3.63, 3.8) is 0 Å². The van der Waals surface area contributed by atoms with E-state index in [1.165, 1.54) is 10.6 Å². The zero-order chi connectivity index (χ0) is 9.80. The molecule has 0 radical (unpaired) electrons. The first-order valence-electron chi connectivity index (χ1n) is 4.72. The first-order valence-corrected chi connectivity index (χ1v) is 6.50. The van der Waals surface area contributed by atoms with E-state index in [-0.39, 0.29) is 52.6 Å². The average molecular weight is 442 g/mol. The van der Waals surface area contributed by atoms with Crippen molar-refractivity contribution >= 4 is 18.5 Å². The molecule has 0 nitrogen and oxygen atoms in total. The van der Waals surface area contributed by atoms with E-state index in [1.54, 1.807) is 0 Å². The molecule has 0 amide bonds. The second-order valence-electron chi connectivity index (χ2n) is 3.23. The molecular formula is C16H22AuP. The molecule has 0 aromatic heterocycles. The maximum absolute atomic E-state index is 2.31. The van der Waals surface area contributed by atoms with Gasteiger partial charge in [-0.25, -0.2) is 0 Å². The Balaban J connectivity index is -0.000000562. The van der Waals surface area contributed by atoms with Crippen LogP contribution in [0.4, 0.5) is 0 Å². The van der Waals surface area contributed by atoms with Crippen LogP contribution in [0, 0.1) is 22.3 Å². The molecule has 0 unspecified atom stereocenters. The Labute approximate surface area is 130 Å². The third kappa shape index (κ3) is 5.98. The molecular weight excluding hydrogens is 420 g/mol. The van der Waals surface area contributed by atoms with E-state index in [2.05, 4.69) is 67.3 Å². The summed E-state index contributed by atoms with van der Waals surface area (Å²) in [6, 6.07) is 21.4. The van der Waals surface area contributed by atoms with Gasteiger partial charge in [0.1, 0.15) is 0 Å². The fourth-order valence-electron chi connectivity index (χ4n) is 1.45. The van der Waals surface area contributed by atoms with Gasteiger partial charge in [0.15, 0.2) is 0 Å². The van der Waals surface area contributed by atoms with Crippen molar-refractivity contribution in [1.82, 2.24) is 0 Å². The van der Waals surface area contributed by atoms with Crippen LogP contribution in [0.5, 0.6) is 0 Å². The summed E-state index contributed by atoms with van der Waals surface area (Å²) >= 11 is 0. The van der Waals surface area contributed by atoms with Crippen molar-refractivity contribution in [1.29, 1.82) is 0 Å². The predicted octanol–water partition coefficient (Wildman–Crippen LogP) is 4.10. The summed E-state index contributed by atoms with van der Waals surface area (Å²) in [7, 11) is -0.171. The van der Waals surface area contributed by atoms with Gasteiger partial charge in [-0.3, -0.25) is 0 Å². The van der Waals surface area contributed by atoms with E-state index in [1.807, 2.05) is 0 Å². The molecule has 0 spiro atoms. The molecule has 2 aromatic carbocycles. The molecule has 2 aromatic rings. The molecule has 2 heteroatoms. The SMILES string of the molecule is CP(c1ccccc1)c1ccccc1.[Au+3].[CH3-].[CH3-].[CH3-]. The molecule has 0 aliphatic heterocycles. The van der Waals surface area contributed by atoms with Crippen molar-refractivity contribution in [3.05, 3.63) is 82.9 Å². The Bertz CT molecular complexity index is 347. The van der Waals surface area contributed by atoms with Gasteiger partial charge in [0.05, 0.1) is 0 Å². The largest absolute Gasteiger partial charge is 3.00 e. The zero-order valence-corrected chi connectivity index (χ0v) is 14.6. The summed E-state index contributed by atoms with van der Waals surface area (Å²) in [6.07, 6.45) is 0. The van der Waals surface area contributed by atoms with Crippen LogP contribution in [-0.2, 0) is 22.4 Å². The number of benzene rings is 2. The standard InChI is InChI=1S/C13H13P.3CH3.Au/c1-14(12-8-4-2-5-9-12)13-10-6-3-7-11-13;;;;/h2-11H,1H3;3*1H3;/q;3*-1;+3. The molecule has 2 rings (SSSR count). The van der Waals surface area contributed by atoms with Crippen molar-refractivity contribution < 1.29 is 22.4 Å². The number of rotatable bonds is 2. The van der Waals surface area contributed by atoms with Crippen LogP contribution in [0.15, 0.2) is 60.7 Å². The smallest absolute Gasteiger partial charge is 0.358 e. The summed E-state index contributed by atoms with van der Waals surface area (Å²) in [5.41, 5.74) is 0. The monoisotopic (exact) mass is 442 g/mol. The van der Waals surface area contributed by atoms with Crippen molar-refractivity contribution in [2.45, 2.75) is 0 Å². The topological polar surface area (TPSA) is 0 Å². The van der Waals surface area contributed by atoms with Gasteiger partial charge in [-0.15, -0.1) is 0 Å². The van der Waals surface area contributed by atoms with Crippen molar-refractivity contribution in [2.75, 3.05) is 6.66 Å². The van der Waals surface area contributed by atoms with Gasteiger partial charge < -0.3 is 22.3 Å². The van der Waals surface area contributed by atoms with Gasteiger partial charge in [-0.1, -0.05) is 60.7 Å². The molecule has 0 saturated carbocycles. The van der Waals surface area contributed by atoms with Crippen LogP contribution in [0.25, 0.3) is 0 Å². The maximum atomic E-state index is 2.31. The van der Waals surface area contributed by atoms with E-state index in [0.717, 1.165) is 0 Å². The van der Waals surface area contributed by atoms with Gasteiger partial charge in [0.25, 0.3) is 0 Å². The first-order chi connectivity index (χ1) is 6.88. The minimum atomic E-state index is -0.171. The van der Waals surface area contributed by atoms with Crippen LogP contribution in [0.3, 0.4) is 0 Å². The van der Waals surface area contributed by atoms with Crippen LogP contribution < -0.4 is 10.6 Å². The van der Waals surface area contributed by atoms with Crippen LogP contribution in [0.2, 0.25) is 0 Å². The third-order valence-corrected chi connectivity index (χ3v) is 4.43. The molecule has 0 saturated heterocycles. The van der Waals surface area contributed by atoms with E-state index >= 15 is 0 Å². The quantitative estimate of drug-likeness (QED) is 0.374. The van der Waals surface area contributed by atoms with Crippen LogP contribution in [0.1, 0.15) is 0 Å². The third-order valence-electron chi connectivity index (χ3n) is 2.29. The van der Waals surface area contributed by atoms with Gasteiger partial charge in [0.2, 0.25) is 0 Å². The Morgan fingerprint density at radius 2 is 0.889 bits per heavy atom. The summed E-state index contributed by atoms with van der Waals surface area (Å²) in [4.78, 5) is 0. The van der Waals surface area contributed by atoms with E-state index in [4.69, 9.17) is 0 Å². The number of hydrogen-bond acceptors (Lipinski definition) is 0. The van der Waals surface area contributed by atoms with E-state index < -0.39 is 0 Å². The van der Waals surface area contributed by atoms with Crippen LogP contribution >= 0.6 is 7.92 Å². The predicted molar refractivity (Wildman–Crippen MR) is 84.2 cm³/mol. The minimum Gasteiger partial charge on any atom is -0.358 e. The molecule has 0 fully saturated rings. The van der Waals surface area contributed by atoms with E-state index in [0.29, 0.717) is 0 Å². The second-order valence-corrected chi connectivity index (χ2v) is 5.38. The van der Waals surface area contributed by atoms with Gasteiger partial charge >= 0.3 is 22.4 Å². The van der Waals surface area contributed by atoms with Crippen molar-refractivity contribution in [2.24, 2.45) is 0 Å². The molecule has 0 atom stereocenters. The second kappa shape index (κ2) is 11.7.